The third-order valence-electron chi connectivity index (χ3n) is 11.0. The first kappa shape index (κ1) is 34.2. The second kappa shape index (κ2) is 13.3. The van der Waals surface area contributed by atoms with Crippen LogP contribution in [0.4, 0.5) is 27.6 Å². The topological polar surface area (TPSA) is 89.2 Å². The second-order valence-electron chi connectivity index (χ2n) is 14.1. The molecule has 1 N–H and O–H groups in total. The number of rotatable bonds is 9. The number of hydrogen-bond acceptors (Lipinski definition) is 6. The van der Waals surface area contributed by atoms with Crippen LogP contribution in [0.2, 0.25) is 0 Å². The van der Waals surface area contributed by atoms with Gasteiger partial charge in [0.25, 0.3) is 5.91 Å². The van der Waals surface area contributed by atoms with E-state index in [1.165, 1.54) is 18.7 Å². The van der Waals surface area contributed by atoms with Gasteiger partial charge in [-0.1, -0.05) is 28.9 Å². The van der Waals surface area contributed by atoms with Gasteiger partial charge in [0.05, 0.1) is 49.0 Å². The smallest absolute Gasteiger partial charge is 0.419 e. The van der Waals surface area contributed by atoms with Crippen LogP contribution in [-0.4, -0.2) is 61.3 Å². The molecule has 0 aromatic heterocycles. The average molecular weight is 721 g/mol. The number of oxime groups is 1. The molecule has 3 aromatic carbocycles. The van der Waals surface area contributed by atoms with Gasteiger partial charge in [0, 0.05) is 35.2 Å². The van der Waals surface area contributed by atoms with Crippen LogP contribution in [-0.2, 0) is 20.5 Å². The summed E-state index contributed by atoms with van der Waals surface area (Å²) in [5.74, 6) is -2.39. The highest BCUT2D eigenvalue weighted by Crippen LogP contribution is 2.54. The normalized spacial score (nSPS) is 27.4. The molecule has 2 heterocycles. The van der Waals surface area contributed by atoms with E-state index >= 15 is 4.39 Å². The number of amides is 2. The van der Waals surface area contributed by atoms with Gasteiger partial charge in [0.1, 0.15) is 17.4 Å². The Labute approximate surface area is 295 Å². The van der Waals surface area contributed by atoms with Crippen LogP contribution in [0.1, 0.15) is 47.2 Å². The van der Waals surface area contributed by atoms with Crippen molar-refractivity contribution >= 4 is 29.9 Å². The number of benzene rings is 3. The summed E-state index contributed by atoms with van der Waals surface area (Å²) in [6.07, 6.45) is 2.71. The van der Waals surface area contributed by atoms with Gasteiger partial charge in [-0.2, -0.15) is 13.2 Å². The number of nitrogens with zero attached hydrogens (tertiary/aromatic N) is 2. The summed E-state index contributed by atoms with van der Waals surface area (Å²) in [5, 5.41) is 7.39. The highest BCUT2D eigenvalue weighted by molar-refractivity contribution is 6.04. The first-order valence-electron chi connectivity index (χ1n) is 17.3. The number of fused-ring (bicyclic) bond motifs is 3. The maximum absolute atomic E-state index is 15.4. The SMILES string of the molecule is COc1ccc(-c2cc(C3=NOC4COCC34)ccc2F)cc1C(=O)N[C@@H]1C2CCC(/C2=C/C2CC2)C1/C=[N+](/C=O)c1ccc(F)c(C(F)(F)F)c1. The third kappa shape index (κ3) is 6.18. The van der Waals surface area contributed by atoms with Crippen molar-refractivity contribution in [1.82, 2.24) is 5.32 Å². The molecular weight excluding hydrogens is 685 g/mol. The van der Waals surface area contributed by atoms with Gasteiger partial charge in [0.15, 0.2) is 12.3 Å². The van der Waals surface area contributed by atoms with E-state index in [0.29, 0.717) is 54.5 Å². The van der Waals surface area contributed by atoms with Crippen LogP contribution in [0.15, 0.2) is 71.4 Å². The average Bonchev–Trinajstić information content (AvgIpc) is 3.38. The molecule has 8 nitrogen and oxygen atoms in total. The van der Waals surface area contributed by atoms with Gasteiger partial charge < -0.3 is 19.6 Å². The monoisotopic (exact) mass is 720 g/mol. The van der Waals surface area contributed by atoms with E-state index in [4.69, 9.17) is 14.3 Å². The maximum atomic E-state index is 15.4. The standard InChI is InChI=1S/C39H34F5N3O5/c1-50-34-11-5-21(26-14-22(4-9-32(26)40)36-30-17-51-18-35(30)52-46-36)13-28(34)38(49)45-37-25-8-7-24(27(25)12-20-2-3-20)29(37)16-47(19-48)23-6-10-33(41)31(15-23)39(42,43)44/h4-6,9-16,19-20,24-25,29-30,35,37H,2-3,7-8,17-18H2,1H3/p+1/b27-12-,47-16-/t24?,25?,29?,30?,35?,37-/m1/s1. The number of ether oxygens (including phenoxy) is 2. The molecule has 3 aromatic rings. The Balaban J connectivity index is 1.13. The van der Waals surface area contributed by atoms with Crippen LogP contribution in [0.25, 0.3) is 11.1 Å². The van der Waals surface area contributed by atoms with Gasteiger partial charge in [0.2, 0.25) is 5.69 Å². The zero-order chi connectivity index (χ0) is 36.3. The zero-order valence-electron chi connectivity index (χ0n) is 28.0. The molecule has 13 heteroatoms. The van der Waals surface area contributed by atoms with Crippen molar-refractivity contribution < 1.29 is 50.4 Å². The molecule has 8 rings (SSSR count). The number of nitrogens with one attached hydrogen (secondary N) is 1. The Morgan fingerprint density at radius 2 is 1.71 bits per heavy atom. The second-order valence-corrected chi connectivity index (χ2v) is 14.1. The number of carbonyl (C=O) groups is 2. The molecule has 0 radical (unpaired) electrons. The van der Waals surface area contributed by atoms with Crippen molar-refractivity contribution in [3.63, 3.8) is 0 Å². The molecule has 1 saturated heterocycles. The molecular formula is C39H35F5N3O5+. The van der Waals surface area contributed by atoms with E-state index in [1.807, 2.05) is 0 Å². The summed E-state index contributed by atoms with van der Waals surface area (Å²) in [7, 11) is 1.43. The van der Waals surface area contributed by atoms with Gasteiger partial charge in [-0.25, -0.2) is 13.6 Å². The van der Waals surface area contributed by atoms with Crippen molar-refractivity contribution in [1.29, 1.82) is 0 Å². The highest BCUT2D eigenvalue weighted by atomic mass is 19.4. The van der Waals surface area contributed by atoms with Crippen molar-refractivity contribution in [3.05, 3.63) is 94.6 Å². The minimum Gasteiger partial charge on any atom is -0.496 e. The molecule has 6 atom stereocenters. The minimum absolute atomic E-state index is 0.0571. The molecule has 2 bridgehead atoms. The lowest BCUT2D eigenvalue weighted by molar-refractivity contribution is -0.346. The lowest BCUT2D eigenvalue weighted by Gasteiger charge is -2.28. The van der Waals surface area contributed by atoms with Gasteiger partial charge >= 0.3 is 12.6 Å². The summed E-state index contributed by atoms with van der Waals surface area (Å²) < 4.78 is 82.4. The van der Waals surface area contributed by atoms with E-state index in [9.17, 15) is 27.2 Å². The number of carbonyl (C=O) groups excluding carboxylic acids is 2. The number of halogens is 5. The van der Waals surface area contributed by atoms with Crippen LogP contribution in [0, 0.1) is 41.2 Å². The largest absolute Gasteiger partial charge is 0.496 e. The fourth-order valence-electron chi connectivity index (χ4n) is 8.26. The van der Waals surface area contributed by atoms with E-state index in [1.54, 1.807) is 36.5 Å². The van der Waals surface area contributed by atoms with Crippen LogP contribution in [0.3, 0.4) is 0 Å². The first-order valence-corrected chi connectivity index (χ1v) is 17.3. The van der Waals surface area contributed by atoms with E-state index < -0.39 is 41.2 Å². The first-order chi connectivity index (χ1) is 25.0. The molecule has 270 valence electrons. The Morgan fingerprint density at radius 1 is 0.942 bits per heavy atom. The van der Waals surface area contributed by atoms with Crippen molar-refractivity contribution in [2.24, 2.45) is 34.7 Å². The third-order valence-corrected chi connectivity index (χ3v) is 11.0. The predicted octanol–water partition coefficient (Wildman–Crippen LogP) is 7.07. The Kier molecular flexibility index (Phi) is 8.71. The molecule has 3 saturated carbocycles. The highest BCUT2D eigenvalue weighted by Gasteiger charge is 2.53. The number of alkyl halides is 3. The minimum atomic E-state index is -4.96. The Hall–Kier alpha value is -4.91. The molecule has 2 aliphatic heterocycles. The molecule has 0 spiro atoms. The van der Waals surface area contributed by atoms with Gasteiger partial charge in [-0.15, -0.1) is 4.58 Å². The van der Waals surface area contributed by atoms with Crippen LogP contribution < -0.4 is 10.1 Å². The van der Waals surface area contributed by atoms with Crippen LogP contribution >= 0.6 is 0 Å². The maximum Gasteiger partial charge on any atom is 0.419 e. The predicted molar refractivity (Wildman–Crippen MR) is 179 cm³/mol. The zero-order valence-corrected chi connectivity index (χ0v) is 28.0. The molecule has 4 fully saturated rings. The van der Waals surface area contributed by atoms with Crippen molar-refractivity contribution in [2.45, 2.75) is 44.0 Å². The molecule has 52 heavy (non-hydrogen) atoms. The summed E-state index contributed by atoms with van der Waals surface area (Å²) in [6, 6.07) is 11.4. The fourth-order valence-corrected chi connectivity index (χ4v) is 8.26. The molecule has 5 aliphatic rings. The lowest BCUT2D eigenvalue weighted by atomic mass is 9.84. The van der Waals surface area contributed by atoms with E-state index in [-0.39, 0.29) is 46.4 Å². The lowest BCUT2D eigenvalue weighted by Crippen LogP contribution is -2.45. The van der Waals surface area contributed by atoms with E-state index in [0.717, 1.165) is 36.3 Å². The van der Waals surface area contributed by atoms with Gasteiger partial charge in [-0.3, -0.25) is 4.79 Å². The summed E-state index contributed by atoms with van der Waals surface area (Å²) in [6.45, 7) is 0.880. The summed E-state index contributed by atoms with van der Waals surface area (Å²) >= 11 is 0. The summed E-state index contributed by atoms with van der Waals surface area (Å²) in [5.41, 5.74) is 1.73. The quantitative estimate of drug-likeness (QED) is 0.0841. The molecule has 2 amide bonds. The van der Waals surface area contributed by atoms with Crippen molar-refractivity contribution in [2.75, 3.05) is 20.3 Å². The number of allylic oxidation sites excluding steroid dienone is 1. The van der Waals surface area contributed by atoms with Crippen molar-refractivity contribution in [3.8, 4) is 16.9 Å². The molecule has 5 unspecified atom stereocenters. The van der Waals surface area contributed by atoms with Gasteiger partial charge in [-0.05, 0) is 73.4 Å². The fraction of sp³-hybridized carbons (Fsp3) is 0.385. The Bertz CT molecular complexity index is 2040. The molecule has 3 aliphatic carbocycles. The number of methoxy groups -OCH3 is 1. The van der Waals surface area contributed by atoms with E-state index in [2.05, 4.69) is 16.5 Å². The Morgan fingerprint density at radius 3 is 2.46 bits per heavy atom. The number of hydrogen-bond donors (Lipinski definition) is 1. The van der Waals surface area contributed by atoms with Crippen LogP contribution in [0.5, 0.6) is 5.75 Å². The summed E-state index contributed by atoms with van der Waals surface area (Å²) in [4.78, 5) is 32.1.